The Kier molecular flexibility index (Phi) is 6.82. The van der Waals surface area contributed by atoms with E-state index in [1.807, 2.05) is 20.8 Å². The van der Waals surface area contributed by atoms with Gasteiger partial charge in [-0.25, -0.2) is 0 Å². The van der Waals surface area contributed by atoms with Crippen LogP contribution in [0.15, 0.2) is 0 Å². The highest BCUT2D eigenvalue weighted by atomic mass is 16.7. The molecule has 192 valence electrons. The van der Waals surface area contributed by atoms with Gasteiger partial charge in [-0.1, -0.05) is 47.0 Å². The molecule has 1 aliphatic heterocycles. The van der Waals surface area contributed by atoms with Gasteiger partial charge in [-0.05, 0) is 51.4 Å². The van der Waals surface area contributed by atoms with Gasteiger partial charge in [-0.15, -0.1) is 0 Å². The van der Waals surface area contributed by atoms with E-state index in [0.717, 1.165) is 25.7 Å². The van der Waals surface area contributed by atoms with Gasteiger partial charge in [0.2, 0.25) is 6.29 Å². The lowest BCUT2D eigenvalue weighted by Crippen LogP contribution is -2.47. The molecule has 34 heavy (non-hydrogen) atoms. The van der Waals surface area contributed by atoms with E-state index in [1.165, 1.54) is 6.42 Å². The number of esters is 3. The predicted molar refractivity (Wildman–Crippen MR) is 124 cm³/mol. The third kappa shape index (κ3) is 4.61. The first-order valence-electron chi connectivity index (χ1n) is 13.2. The monoisotopic (exact) mass is 478 g/mol. The highest BCUT2D eigenvalue weighted by Crippen LogP contribution is 2.63. The van der Waals surface area contributed by atoms with Crippen molar-refractivity contribution in [2.45, 2.75) is 124 Å². The molecule has 4 fully saturated rings. The summed E-state index contributed by atoms with van der Waals surface area (Å²) in [5.74, 6) is -1.74. The van der Waals surface area contributed by atoms with Crippen molar-refractivity contribution in [1.82, 2.24) is 0 Å². The number of hydrogen-bond acceptors (Lipinski definition) is 7. The van der Waals surface area contributed by atoms with E-state index in [4.69, 9.17) is 18.9 Å². The van der Waals surface area contributed by atoms with Gasteiger partial charge in [-0.2, -0.15) is 0 Å². The molecule has 0 spiro atoms. The summed E-state index contributed by atoms with van der Waals surface area (Å²) in [6.45, 7) is 11.9. The first kappa shape index (κ1) is 25.5. The van der Waals surface area contributed by atoms with E-state index in [9.17, 15) is 14.4 Å². The molecule has 0 radical (unpaired) electrons. The fourth-order valence-corrected chi connectivity index (χ4v) is 6.12. The van der Waals surface area contributed by atoms with Gasteiger partial charge in [0.25, 0.3) is 0 Å². The minimum Gasteiger partial charge on any atom is -0.458 e. The average Bonchev–Trinajstić information content (AvgIpc) is 3.35. The maximum atomic E-state index is 13.6. The number of hydrogen-bond donors (Lipinski definition) is 0. The lowest BCUT2D eigenvalue weighted by atomic mass is 9.73. The molecule has 7 heteroatoms. The van der Waals surface area contributed by atoms with Gasteiger partial charge >= 0.3 is 17.9 Å². The Labute approximate surface area is 203 Å². The Morgan fingerprint density at radius 3 is 2.41 bits per heavy atom. The van der Waals surface area contributed by atoms with Crippen LogP contribution in [-0.2, 0) is 33.3 Å². The first-order valence-corrected chi connectivity index (χ1v) is 13.2. The average molecular weight is 479 g/mol. The zero-order chi connectivity index (χ0) is 24.9. The Morgan fingerprint density at radius 2 is 1.79 bits per heavy atom. The standard InChI is InChI=1S/C27H42O7/c1-7-26(5,6)22(28)33-20-16-13-18-21(20)34-24(30)27(18,14-16)23(29)32-19(15-25(2,3)4)31-17-11-9-8-10-12-17/h16-21H,7-15H2,1-6H3. The van der Waals surface area contributed by atoms with Crippen LogP contribution in [0.25, 0.3) is 0 Å². The molecule has 7 nitrogen and oxygen atoms in total. The second kappa shape index (κ2) is 9.11. The third-order valence-electron chi connectivity index (χ3n) is 8.52. The normalized spacial score (nSPS) is 34.1. The molecule has 4 rings (SSSR count). The summed E-state index contributed by atoms with van der Waals surface area (Å²) in [6, 6.07) is 0. The summed E-state index contributed by atoms with van der Waals surface area (Å²) in [7, 11) is 0. The molecule has 0 aromatic rings. The summed E-state index contributed by atoms with van der Waals surface area (Å²) in [6.07, 6.45) is 5.89. The van der Waals surface area contributed by atoms with Crippen molar-refractivity contribution in [3.63, 3.8) is 0 Å². The Hall–Kier alpha value is -1.63. The smallest absolute Gasteiger partial charge is 0.326 e. The van der Waals surface area contributed by atoms with Gasteiger partial charge in [0.15, 0.2) is 5.41 Å². The maximum Gasteiger partial charge on any atom is 0.326 e. The number of fused-ring (bicyclic) bond motifs is 1. The Morgan fingerprint density at radius 1 is 1.12 bits per heavy atom. The van der Waals surface area contributed by atoms with Crippen molar-refractivity contribution in [1.29, 1.82) is 0 Å². The topological polar surface area (TPSA) is 88.1 Å². The van der Waals surface area contributed by atoms with Crippen LogP contribution < -0.4 is 0 Å². The minimum absolute atomic E-state index is 0.0778. The quantitative estimate of drug-likeness (QED) is 0.211. The minimum atomic E-state index is -1.30. The molecular formula is C27H42O7. The van der Waals surface area contributed by atoms with Crippen LogP contribution in [0.2, 0.25) is 0 Å². The zero-order valence-corrected chi connectivity index (χ0v) is 21.7. The fourth-order valence-electron chi connectivity index (χ4n) is 6.12. The lowest BCUT2D eigenvalue weighted by molar-refractivity contribution is -0.210. The number of ether oxygens (including phenoxy) is 4. The Balaban J connectivity index is 1.47. The van der Waals surface area contributed by atoms with Gasteiger partial charge in [0.1, 0.15) is 12.2 Å². The van der Waals surface area contributed by atoms with Crippen molar-refractivity contribution < 1.29 is 33.3 Å². The first-order chi connectivity index (χ1) is 15.9. The third-order valence-corrected chi connectivity index (χ3v) is 8.52. The van der Waals surface area contributed by atoms with Gasteiger partial charge in [0.05, 0.1) is 11.5 Å². The molecular weight excluding hydrogens is 436 g/mol. The van der Waals surface area contributed by atoms with Crippen LogP contribution >= 0.6 is 0 Å². The van der Waals surface area contributed by atoms with Crippen molar-refractivity contribution in [2.24, 2.45) is 28.1 Å². The molecule has 4 aliphatic rings. The van der Waals surface area contributed by atoms with Crippen molar-refractivity contribution in [3.8, 4) is 0 Å². The summed E-state index contributed by atoms with van der Waals surface area (Å²) in [4.78, 5) is 39.4. The van der Waals surface area contributed by atoms with E-state index in [1.54, 1.807) is 0 Å². The zero-order valence-electron chi connectivity index (χ0n) is 21.7. The Bertz CT molecular complexity index is 806. The lowest BCUT2D eigenvalue weighted by Gasteiger charge is -2.35. The van der Waals surface area contributed by atoms with E-state index in [2.05, 4.69) is 20.8 Å². The number of carbonyl (C=O) groups excluding carboxylic acids is 3. The van der Waals surface area contributed by atoms with Crippen LogP contribution in [0.5, 0.6) is 0 Å². The van der Waals surface area contributed by atoms with E-state index >= 15 is 0 Å². The van der Waals surface area contributed by atoms with Crippen LogP contribution in [0.1, 0.15) is 99.3 Å². The summed E-state index contributed by atoms with van der Waals surface area (Å²) < 4.78 is 23.8. The summed E-state index contributed by atoms with van der Waals surface area (Å²) in [5, 5.41) is 0. The largest absolute Gasteiger partial charge is 0.458 e. The number of carbonyl (C=O) groups is 3. The van der Waals surface area contributed by atoms with Crippen LogP contribution in [0, 0.1) is 28.1 Å². The molecule has 0 amide bonds. The maximum absolute atomic E-state index is 13.6. The molecule has 2 bridgehead atoms. The van der Waals surface area contributed by atoms with Crippen molar-refractivity contribution >= 4 is 17.9 Å². The van der Waals surface area contributed by atoms with E-state index < -0.39 is 41.3 Å². The highest BCUT2D eigenvalue weighted by molar-refractivity contribution is 6.03. The van der Waals surface area contributed by atoms with E-state index in [-0.39, 0.29) is 29.3 Å². The molecule has 0 N–H and O–H groups in total. The van der Waals surface area contributed by atoms with Crippen molar-refractivity contribution in [2.75, 3.05) is 0 Å². The molecule has 3 saturated carbocycles. The van der Waals surface area contributed by atoms with Crippen LogP contribution in [-0.4, -0.2) is 42.5 Å². The molecule has 1 heterocycles. The molecule has 6 atom stereocenters. The highest BCUT2D eigenvalue weighted by Gasteiger charge is 2.75. The molecule has 0 aromatic heterocycles. The van der Waals surface area contributed by atoms with Crippen LogP contribution in [0.4, 0.5) is 0 Å². The van der Waals surface area contributed by atoms with Gasteiger partial charge in [0, 0.05) is 18.3 Å². The molecule has 0 aromatic carbocycles. The van der Waals surface area contributed by atoms with Gasteiger partial charge in [-0.3, -0.25) is 14.4 Å². The second-order valence-corrected chi connectivity index (χ2v) is 12.8. The molecule has 3 aliphatic carbocycles. The van der Waals surface area contributed by atoms with Crippen LogP contribution in [0.3, 0.4) is 0 Å². The second-order valence-electron chi connectivity index (χ2n) is 12.8. The van der Waals surface area contributed by atoms with E-state index in [0.29, 0.717) is 25.7 Å². The molecule has 1 saturated heterocycles. The number of rotatable bonds is 8. The SMILES string of the molecule is CCC(C)(C)C(=O)OC1C2CC3C1OC(=O)C3(C(=O)OC(CC(C)(C)C)OC1CCCCC1)C2. The van der Waals surface area contributed by atoms with Gasteiger partial charge < -0.3 is 18.9 Å². The van der Waals surface area contributed by atoms with Crippen molar-refractivity contribution in [3.05, 3.63) is 0 Å². The predicted octanol–water partition coefficient (Wildman–Crippen LogP) is 4.94. The summed E-state index contributed by atoms with van der Waals surface area (Å²) >= 11 is 0. The summed E-state index contributed by atoms with van der Waals surface area (Å²) in [5.41, 5.74) is -2.00. The molecule has 6 unspecified atom stereocenters. The fraction of sp³-hybridized carbons (Fsp3) is 0.889.